The predicted octanol–water partition coefficient (Wildman–Crippen LogP) is 1.41. The highest BCUT2D eigenvalue weighted by molar-refractivity contribution is 7.86. The maximum Gasteiger partial charge on any atom is 0.281 e. The van der Waals surface area contributed by atoms with Crippen LogP contribution in [-0.4, -0.2) is 68.2 Å². The zero-order chi connectivity index (χ0) is 17.4. The SMILES string of the molecule is CN(CCC#N)S(=O)(=O)N1CCN(C/C=C/c2ccccc2)CC1. The number of benzene rings is 1. The molecule has 6 nitrogen and oxygen atoms in total. The van der Waals surface area contributed by atoms with E-state index < -0.39 is 10.2 Å². The number of piperazine rings is 1. The molecule has 0 radical (unpaired) electrons. The minimum absolute atomic E-state index is 0.208. The maximum absolute atomic E-state index is 12.4. The summed E-state index contributed by atoms with van der Waals surface area (Å²) in [6.45, 7) is 3.44. The first-order valence-corrected chi connectivity index (χ1v) is 9.46. The van der Waals surface area contributed by atoms with E-state index in [0.717, 1.165) is 12.1 Å². The van der Waals surface area contributed by atoms with Gasteiger partial charge in [0.15, 0.2) is 0 Å². The molecule has 2 rings (SSSR count). The Labute approximate surface area is 144 Å². The first-order chi connectivity index (χ1) is 11.5. The van der Waals surface area contributed by atoms with E-state index in [1.165, 1.54) is 15.7 Å². The zero-order valence-electron chi connectivity index (χ0n) is 14.0. The second-order valence-corrected chi connectivity index (χ2v) is 7.79. The summed E-state index contributed by atoms with van der Waals surface area (Å²) in [5, 5.41) is 8.59. The molecule has 0 atom stereocenters. The highest BCUT2D eigenvalue weighted by Gasteiger charge is 2.29. The molecule has 0 unspecified atom stereocenters. The molecule has 1 fully saturated rings. The van der Waals surface area contributed by atoms with Crippen molar-refractivity contribution in [2.75, 3.05) is 46.3 Å². The summed E-state index contributed by atoms with van der Waals surface area (Å²) >= 11 is 0. The van der Waals surface area contributed by atoms with E-state index in [0.29, 0.717) is 26.2 Å². The molecule has 0 aromatic heterocycles. The summed E-state index contributed by atoms with van der Waals surface area (Å²) in [5.41, 5.74) is 1.16. The van der Waals surface area contributed by atoms with Crippen LogP contribution >= 0.6 is 0 Å². The van der Waals surface area contributed by atoms with Crippen molar-refractivity contribution >= 4 is 16.3 Å². The van der Waals surface area contributed by atoms with Crippen molar-refractivity contribution in [3.05, 3.63) is 42.0 Å². The Bertz CT molecular complexity index is 674. The lowest BCUT2D eigenvalue weighted by Gasteiger charge is -2.35. The van der Waals surface area contributed by atoms with Crippen molar-refractivity contribution < 1.29 is 8.42 Å². The highest BCUT2D eigenvalue weighted by atomic mass is 32.2. The summed E-state index contributed by atoms with van der Waals surface area (Å²) in [6.07, 6.45) is 4.40. The molecular formula is C17H24N4O2S. The fourth-order valence-electron chi connectivity index (χ4n) is 2.56. The van der Waals surface area contributed by atoms with Gasteiger partial charge in [0, 0.05) is 52.7 Å². The summed E-state index contributed by atoms with van der Waals surface area (Å²) in [7, 11) is -1.92. The Kier molecular flexibility index (Phi) is 6.94. The van der Waals surface area contributed by atoms with Crippen molar-refractivity contribution in [2.45, 2.75) is 6.42 Å². The van der Waals surface area contributed by atoms with E-state index >= 15 is 0 Å². The molecule has 1 aromatic rings. The van der Waals surface area contributed by atoms with Crippen LogP contribution < -0.4 is 0 Å². The lowest BCUT2D eigenvalue weighted by molar-refractivity contribution is 0.198. The van der Waals surface area contributed by atoms with Gasteiger partial charge in [0.25, 0.3) is 10.2 Å². The third kappa shape index (κ3) is 5.14. The van der Waals surface area contributed by atoms with Crippen LogP contribution in [-0.2, 0) is 10.2 Å². The lowest BCUT2D eigenvalue weighted by Crippen LogP contribution is -2.52. The van der Waals surface area contributed by atoms with Gasteiger partial charge < -0.3 is 0 Å². The third-order valence-electron chi connectivity index (χ3n) is 4.06. The Morgan fingerprint density at radius 2 is 1.88 bits per heavy atom. The van der Waals surface area contributed by atoms with Crippen LogP contribution in [0.15, 0.2) is 36.4 Å². The molecule has 1 heterocycles. The van der Waals surface area contributed by atoms with Crippen LogP contribution in [0.1, 0.15) is 12.0 Å². The molecule has 24 heavy (non-hydrogen) atoms. The van der Waals surface area contributed by atoms with Crippen molar-refractivity contribution in [3.63, 3.8) is 0 Å². The van der Waals surface area contributed by atoms with Crippen molar-refractivity contribution in [1.29, 1.82) is 5.26 Å². The summed E-state index contributed by atoms with van der Waals surface area (Å²) in [4.78, 5) is 2.24. The Morgan fingerprint density at radius 3 is 2.50 bits per heavy atom. The quantitative estimate of drug-likeness (QED) is 0.747. The van der Waals surface area contributed by atoms with E-state index in [1.54, 1.807) is 0 Å². The molecule has 1 aromatic carbocycles. The van der Waals surface area contributed by atoms with Gasteiger partial charge in [0.05, 0.1) is 6.07 Å². The van der Waals surface area contributed by atoms with Gasteiger partial charge >= 0.3 is 0 Å². The first kappa shape index (κ1) is 18.6. The largest absolute Gasteiger partial charge is 0.297 e. The average molecular weight is 348 g/mol. The minimum Gasteiger partial charge on any atom is -0.297 e. The van der Waals surface area contributed by atoms with Crippen LogP contribution in [0.4, 0.5) is 0 Å². The molecule has 0 amide bonds. The standard InChI is InChI=1S/C17H24N4O2S/c1-19(11-6-10-18)24(22,23)21-15-13-20(14-16-21)12-5-9-17-7-3-2-4-8-17/h2-5,7-9H,6,11-16H2,1H3/b9-5+. The van der Waals surface area contributed by atoms with Crippen LogP contribution in [0, 0.1) is 11.3 Å². The molecule has 0 bridgehead atoms. The summed E-state index contributed by atoms with van der Waals surface area (Å²) < 4.78 is 27.6. The molecule has 0 saturated carbocycles. The molecule has 1 saturated heterocycles. The number of rotatable bonds is 7. The second kappa shape index (κ2) is 8.94. The Morgan fingerprint density at radius 1 is 1.21 bits per heavy atom. The second-order valence-electron chi connectivity index (χ2n) is 5.75. The Hall–Kier alpha value is -1.72. The molecule has 0 N–H and O–H groups in total. The van der Waals surface area contributed by atoms with Crippen LogP contribution in [0.3, 0.4) is 0 Å². The van der Waals surface area contributed by atoms with Crippen LogP contribution in [0.2, 0.25) is 0 Å². The predicted molar refractivity (Wildman–Crippen MR) is 95.3 cm³/mol. The Balaban J connectivity index is 1.81. The smallest absolute Gasteiger partial charge is 0.281 e. The zero-order valence-corrected chi connectivity index (χ0v) is 14.8. The normalized spacial score (nSPS) is 17.4. The number of hydrogen-bond acceptors (Lipinski definition) is 4. The molecule has 7 heteroatoms. The highest BCUT2D eigenvalue weighted by Crippen LogP contribution is 2.11. The molecule has 130 valence electrons. The minimum atomic E-state index is -3.45. The van der Waals surface area contributed by atoms with Crippen LogP contribution in [0.5, 0.6) is 0 Å². The van der Waals surface area contributed by atoms with Gasteiger partial charge in [-0.3, -0.25) is 4.90 Å². The van der Waals surface area contributed by atoms with E-state index in [9.17, 15) is 8.42 Å². The molecule has 1 aliphatic heterocycles. The third-order valence-corrected chi connectivity index (χ3v) is 6.05. The molecule has 0 spiro atoms. The van der Waals surface area contributed by atoms with Gasteiger partial charge in [-0.05, 0) is 5.56 Å². The van der Waals surface area contributed by atoms with Crippen molar-refractivity contribution in [1.82, 2.24) is 13.5 Å². The fraction of sp³-hybridized carbons (Fsp3) is 0.471. The van der Waals surface area contributed by atoms with Crippen molar-refractivity contribution in [2.24, 2.45) is 0 Å². The van der Waals surface area contributed by atoms with Crippen LogP contribution in [0.25, 0.3) is 6.08 Å². The van der Waals surface area contributed by atoms with E-state index in [2.05, 4.69) is 29.2 Å². The number of nitriles is 1. The van der Waals surface area contributed by atoms with Gasteiger partial charge in [-0.1, -0.05) is 42.5 Å². The van der Waals surface area contributed by atoms with E-state index in [-0.39, 0.29) is 13.0 Å². The summed E-state index contributed by atoms with van der Waals surface area (Å²) in [5.74, 6) is 0. The van der Waals surface area contributed by atoms with Gasteiger partial charge in [-0.2, -0.15) is 22.3 Å². The topological polar surface area (TPSA) is 67.6 Å². The molecule has 0 aliphatic carbocycles. The van der Waals surface area contributed by atoms with E-state index in [4.69, 9.17) is 5.26 Å². The fourth-order valence-corrected chi connectivity index (χ4v) is 3.91. The lowest BCUT2D eigenvalue weighted by atomic mass is 10.2. The van der Waals surface area contributed by atoms with E-state index in [1.807, 2.05) is 24.3 Å². The maximum atomic E-state index is 12.4. The first-order valence-electron chi connectivity index (χ1n) is 8.06. The average Bonchev–Trinajstić information content (AvgIpc) is 2.61. The summed E-state index contributed by atoms with van der Waals surface area (Å²) in [6, 6.07) is 12.1. The van der Waals surface area contributed by atoms with Crippen molar-refractivity contribution in [3.8, 4) is 6.07 Å². The monoisotopic (exact) mass is 348 g/mol. The molecule has 1 aliphatic rings. The number of nitrogens with zero attached hydrogens (tertiary/aromatic N) is 4. The molecular weight excluding hydrogens is 324 g/mol. The van der Waals surface area contributed by atoms with Gasteiger partial charge in [0.2, 0.25) is 0 Å². The van der Waals surface area contributed by atoms with Gasteiger partial charge in [-0.25, -0.2) is 0 Å². The van der Waals surface area contributed by atoms with Gasteiger partial charge in [0.1, 0.15) is 0 Å². The van der Waals surface area contributed by atoms with Gasteiger partial charge in [-0.15, -0.1) is 0 Å². The number of hydrogen-bond donors (Lipinski definition) is 0.